The third-order valence-corrected chi connectivity index (χ3v) is 4.30. The van der Waals surface area contributed by atoms with E-state index in [0.29, 0.717) is 23.0 Å². The standard InChI is InChI=1S/C22H22N4O2/c1-14(2)16-4-8-18(9-5-16)25-21-12-20(23-13-24-21)22(28)26-19-10-6-17(7-11-19)15(3)27/h4-14H,1-3H3,(H,26,28)(H,23,24,25). The molecule has 142 valence electrons. The number of hydrogen-bond acceptors (Lipinski definition) is 5. The van der Waals surface area contributed by atoms with Gasteiger partial charge in [-0.15, -0.1) is 0 Å². The Hall–Kier alpha value is -3.54. The molecule has 0 spiro atoms. The molecule has 0 bridgehead atoms. The summed E-state index contributed by atoms with van der Waals surface area (Å²) in [6.07, 6.45) is 1.35. The Kier molecular flexibility index (Phi) is 5.79. The molecule has 0 saturated heterocycles. The lowest BCUT2D eigenvalue weighted by atomic mass is 10.0. The minimum atomic E-state index is -0.351. The lowest BCUT2D eigenvalue weighted by Gasteiger charge is -2.10. The average molecular weight is 374 g/mol. The summed E-state index contributed by atoms with van der Waals surface area (Å²) in [4.78, 5) is 32.0. The summed E-state index contributed by atoms with van der Waals surface area (Å²) in [7, 11) is 0. The molecule has 6 nitrogen and oxygen atoms in total. The fraction of sp³-hybridized carbons (Fsp3) is 0.182. The maximum Gasteiger partial charge on any atom is 0.274 e. The number of aromatic nitrogens is 2. The zero-order valence-electron chi connectivity index (χ0n) is 16.1. The summed E-state index contributed by atoms with van der Waals surface area (Å²) in [5.74, 6) is 0.624. The van der Waals surface area contributed by atoms with Crippen LogP contribution in [0.1, 0.15) is 53.1 Å². The molecule has 0 aliphatic rings. The molecule has 6 heteroatoms. The lowest BCUT2D eigenvalue weighted by molar-refractivity contribution is 0.101. The SMILES string of the molecule is CC(=O)c1ccc(NC(=O)c2cc(Nc3ccc(C(C)C)cc3)ncn2)cc1. The molecule has 3 aromatic rings. The monoisotopic (exact) mass is 374 g/mol. The minimum Gasteiger partial charge on any atom is -0.340 e. The molecule has 2 N–H and O–H groups in total. The predicted octanol–water partition coefficient (Wildman–Crippen LogP) is 4.80. The topological polar surface area (TPSA) is 84.0 Å². The van der Waals surface area contributed by atoms with E-state index in [1.54, 1.807) is 30.3 Å². The maximum atomic E-state index is 12.5. The van der Waals surface area contributed by atoms with Gasteiger partial charge in [-0.2, -0.15) is 0 Å². The van der Waals surface area contributed by atoms with Gasteiger partial charge in [0.2, 0.25) is 0 Å². The third-order valence-electron chi connectivity index (χ3n) is 4.30. The fourth-order valence-corrected chi connectivity index (χ4v) is 2.63. The Balaban J connectivity index is 1.69. The van der Waals surface area contributed by atoms with Gasteiger partial charge in [0, 0.05) is 23.0 Å². The van der Waals surface area contributed by atoms with Gasteiger partial charge in [-0.1, -0.05) is 26.0 Å². The molecular weight excluding hydrogens is 352 g/mol. The summed E-state index contributed by atoms with van der Waals surface area (Å²) < 4.78 is 0. The van der Waals surface area contributed by atoms with Gasteiger partial charge in [-0.3, -0.25) is 9.59 Å². The largest absolute Gasteiger partial charge is 0.340 e. The van der Waals surface area contributed by atoms with Crippen LogP contribution in [0.25, 0.3) is 0 Å². The molecule has 1 aromatic heterocycles. The highest BCUT2D eigenvalue weighted by Gasteiger charge is 2.10. The average Bonchev–Trinajstić information content (AvgIpc) is 2.69. The van der Waals surface area contributed by atoms with Crippen molar-refractivity contribution in [3.05, 3.63) is 77.7 Å². The van der Waals surface area contributed by atoms with E-state index in [1.165, 1.54) is 18.8 Å². The van der Waals surface area contributed by atoms with Gasteiger partial charge >= 0.3 is 0 Å². The highest BCUT2D eigenvalue weighted by atomic mass is 16.2. The van der Waals surface area contributed by atoms with Crippen molar-refractivity contribution < 1.29 is 9.59 Å². The zero-order chi connectivity index (χ0) is 20.1. The molecular formula is C22H22N4O2. The van der Waals surface area contributed by atoms with Crippen LogP contribution in [-0.4, -0.2) is 21.7 Å². The van der Waals surface area contributed by atoms with Gasteiger partial charge in [-0.05, 0) is 54.8 Å². The van der Waals surface area contributed by atoms with E-state index in [-0.39, 0.29) is 17.4 Å². The first kappa shape index (κ1) is 19.2. The van der Waals surface area contributed by atoms with E-state index in [9.17, 15) is 9.59 Å². The number of rotatable bonds is 6. The number of carbonyl (C=O) groups is 2. The molecule has 1 heterocycles. The molecule has 28 heavy (non-hydrogen) atoms. The second-order valence-electron chi connectivity index (χ2n) is 6.78. The third kappa shape index (κ3) is 4.79. The van der Waals surface area contributed by atoms with Crippen molar-refractivity contribution >= 4 is 28.9 Å². The number of hydrogen-bond donors (Lipinski definition) is 2. The van der Waals surface area contributed by atoms with Crippen LogP contribution in [0.15, 0.2) is 60.9 Å². The predicted molar refractivity (Wildman–Crippen MR) is 110 cm³/mol. The van der Waals surface area contributed by atoms with Crippen LogP contribution < -0.4 is 10.6 Å². The van der Waals surface area contributed by atoms with Gasteiger partial charge in [0.15, 0.2) is 5.78 Å². The summed E-state index contributed by atoms with van der Waals surface area (Å²) in [6.45, 7) is 5.79. The molecule has 1 amide bonds. The summed E-state index contributed by atoms with van der Waals surface area (Å²) >= 11 is 0. The van der Waals surface area contributed by atoms with E-state index in [1.807, 2.05) is 12.1 Å². The number of ketones is 1. The van der Waals surface area contributed by atoms with Crippen molar-refractivity contribution in [3.63, 3.8) is 0 Å². The number of benzene rings is 2. The number of Topliss-reactive ketones (excluding diaryl/α,β-unsaturated/α-hetero) is 1. The van der Waals surface area contributed by atoms with Crippen molar-refractivity contribution in [2.45, 2.75) is 26.7 Å². The maximum absolute atomic E-state index is 12.5. The van der Waals surface area contributed by atoms with E-state index in [4.69, 9.17) is 0 Å². The van der Waals surface area contributed by atoms with Crippen molar-refractivity contribution in [1.82, 2.24) is 9.97 Å². The van der Waals surface area contributed by atoms with Gasteiger partial charge in [0.1, 0.15) is 17.8 Å². The van der Waals surface area contributed by atoms with Crippen LogP contribution in [0, 0.1) is 0 Å². The van der Waals surface area contributed by atoms with Gasteiger partial charge in [0.05, 0.1) is 0 Å². The van der Waals surface area contributed by atoms with E-state index >= 15 is 0 Å². The molecule has 2 aromatic carbocycles. The number of anilines is 3. The molecule has 0 saturated carbocycles. The highest BCUT2D eigenvalue weighted by Crippen LogP contribution is 2.20. The number of carbonyl (C=O) groups excluding carboxylic acids is 2. The summed E-state index contributed by atoms with van der Waals surface area (Å²) in [5, 5.41) is 5.95. The first-order chi connectivity index (χ1) is 13.4. The molecule has 0 radical (unpaired) electrons. The van der Waals surface area contributed by atoms with Crippen LogP contribution in [-0.2, 0) is 0 Å². The Labute approximate surface area is 164 Å². The van der Waals surface area contributed by atoms with Crippen molar-refractivity contribution in [2.75, 3.05) is 10.6 Å². The number of amides is 1. The Morgan fingerprint density at radius 2 is 1.54 bits per heavy atom. The second-order valence-corrected chi connectivity index (χ2v) is 6.78. The highest BCUT2D eigenvalue weighted by molar-refractivity contribution is 6.03. The van der Waals surface area contributed by atoms with E-state index in [2.05, 4.69) is 46.6 Å². The first-order valence-electron chi connectivity index (χ1n) is 9.04. The molecule has 0 aliphatic carbocycles. The quantitative estimate of drug-likeness (QED) is 0.606. The van der Waals surface area contributed by atoms with Crippen LogP contribution in [0.3, 0.4) is 0 Å². The number of nitrogens with zero attached hydrogens (tertiary/aromatic N) is 2. The van der Waals surface area contributed by atoms with Crippen molar-refractivity contribution in [3.8, 4) is 0 Å². The Morgan fingerprint density at radius 1 is 0.893 bits per heavy atom. The smallest absolute Gasteiger partial charge is 0.274 e. The Bertz CT molecular complexity index is 980. The normalized spacial score (nSPS) is 10.6. The molecule has 0 aliphatic heterocycles. The van der Waals surface area contributed by atoms with Gasteiger partial charge in [0.25, 0.3) is 5.91 Å². The fourth-order valence-electron chi connectivity index (χ4n) is 2.63. The van der Waals surface area contributed by atoms with Crippen LogP contribution in [0.4, 0.5) is 17.2 Å². The van der Waals surface area contributed by atoms with Gasteiger partial charge in [-0.25, -0.2) is 9.97 Å². The summed E-state index contributed by atoms with van der Waals surface area (Å²) in [5.41, 5.74) is 3.56. The second kappa shape index (κ2) is 8.43. The van der Waals surface area contributed by atoms with Crippen molar-refractivity contribution in [2.24, 2.45) is 0 Å². The molecule has 3 rings (SSSR count). The van der Waals surface area contributed by atoms with Crippen LogP contribution >= 0.6 is 0 Å². The van der Waals surface area contributed by atoms with Crippen molar-refractivity contribution in [1.29, 1.82) is 0 Å². The Morgan fingerprint density at radius 3 is 2.14 bits per heavy atom. The van der Waals surface area contributed by atoms with Crippen LogP contribution in [0.2, 0.25) is 0 Å². The van der Waals surface area contributed by atoms with E-state index < -0.39 is 0 Å². The lowest BCUT2D eigenvalue weighted by Crippen LogP contribution is -2.14. The molecule has 0 fully saturated rings. The first-order valence-corrected chi connectivity index (χ1v) is 9.04. The van der Waals surface area contributed by atoms with E-state index in [0.717, 1.165) is 5.69 Å². The van der Waals surface area contributed by atoms with Gasteiger partial charge < -0.3 is 10.6 Å². The van der Waals surface area contributed by atoms with Crippen LogP contribution in [0.5, 0.6) is 0 Å². The summed E-state index contributed by atoms with van der Waals surface area (Å²) in [6, 6.07) is 16.4. The minimum absolute atomic E-state index is 0.0224. The zero-order valence-corrected chi connectivity index (χ0v) is 16.1. The molecule has 0 atom stereocenters. The number of nitrogens with one attached hydrogen (secondary N) is 2. The molecule has 0 unspecified atom stereocenters.